The van der Waals surface area contributed by atoms with Gasteiger partial charge in [0.15, 0.2) is 11.7 Å². The van der Waals surface area contributed by atoms with Crippen molar-refractivity contribution in [3.63, 3.8) is 0 Å². The number of carbonyl (C=O) groups excluding carboxylic acids is 1. The minimum atomic E-state index is -4.39. The molecule has 2 aromatic rings. The van der Waals surface area contributed by atoms with Gasteiger partial charge >= 0.3 is 6.18 Å². The van der Waals surface area contributed by atoms with Gasteiger partial charge in [0.25, 0.3) is 5.91 Å². The molecule has 1 aromatic carbocycles. The Labute approximate surface area is 121 Å². The summed E-state index contributed by atoms with van der Waals surface area (Å²) in [5.74, 6) is -0.261. The zero-order valence-corrected chi connectivity index (χ0v) is 11.7. The number of benzene rings is 1. The van der Waals surface area contributed by atoms with Gasteiger partial charge in [-0.1, -0.05) is 11.3 Å². The first-order valence-corrected chi connectivity index (χ1v) is 6.58. The lowest BCUT2D eigenvalue weighted by atomic mass is 10.3. The molecule has 0 aliphatic carbocycles. The summed E-state index contributed by atoms with van der Waals surface area (Å²) in [6.45, 7) is -1.45. The third-order valence-corrected chi connectivity index (χ3v) is 3.22. The molecule has 0 radical (unpaired) electrons. The Kier molecular flexibility index (Phi) is 4.63. The second-order valence-electron chi connectivity index (χ2n) is 4.03. The van der Waals surface area contributed by atoms with Gasteiger partial charge in [0.1, 0.15) is 12.4 Å². The van der Waals surface area contributed by atoms with Crippen molar-refractivity contribution in [2.24, 2.45) is 0 Å². The standard InChI is InChI=1S/C12H11F3N2O3S/c1-19-5-10(18)17-11-16-8-3-2-7(4-9(8)21-11)20-6-12(13,14)15/h2-4H,5-6H2,1H3,(H,16,17,18). The Bertz CT molecular complexity index is 642. The highest BCUT2D eigenvalue weighted by Gasteiger charge is 2.28. The first-order valence-electron chi connectivity index (χ1n) is 5.76. The van der Waals surface area contributed by atoms with Crippen molar-refractivity contribution in [2.75, 3.05) is 25.6 Å². The van der Waals surface area contributed by atoms with E-state index in [0.717, 1.165) is 11.3 Å². The number of aromatic nitrogens is 1. The zero-order valence-electron chi connectivity index (χ0n) is 10.9. The number of thiazole rings is 1. The molecule has 1 heterocycles. The van der Waals surface area contributed by atoms with Crippen molar-refractivity contribution in [3.8, 4) is 5.75 Å². The maximum Gasteiger partial charge on any atom is 0.422 e. The molecule has 1 amide bonds. The van der Waals surface area contributed by atoms with Crippen LogP contribution in [0, 0.1) is 0 Å². The minimum Gasteiger partial charge on any atom is -0.484 e. The van der Waals surface area contributed by atoms with Crippen LogP contribution in [-0.4, -0.2) is 37.4 Å². The van der Waals surface area contributed by atoms with Gasteiger partial charge < -0.3 is 9.47 Å². The predicted octanol–water partition coefficient (Wildman–Crippen LogP) is 2.82. The molecule has 0 aliphatic heterocycles. The number of halogens is 3. The Morgan fingerprint density at radius 3 is 2.86 bits per heavy atom. The summed E-state index contributed by atoms with van der Waals surface area (Å²) in [4.78, 5) is 15.5. The molecule has 0 bridgehead atoms. The molecule has 0 aliphatic rings. The first-order chi connectivity index (χ1) is 9.87. The smallest absolute Gasteiger partial charge is 0.422 e. The number of carbonyl (C=O) groups is 1. The van der Waals surface area contributed by atoms with Gasteiger partial charge in [0.05, 0.1) is 10.2 Å². The molecule has 0 saturated carbocycles. The number of fused-ring (bicyclic) bond motifs is 1. The number of nitrogens with one attached hydrogen (secondary N) is 1. The molecular weight excluding hydrogens is 309 g/mol. The normalized spacial score (nSPS) is 11.6. The number of hydrogen-bond donors (Lipinski definition) is 1. The van der Waals surface area contributed by atoms with Crippen LogP contribution >= 0.6 is 11.3 Å². The number of methoxy groups -OCH3 is 1. The molecule has 1 aromatic heterocycles. The molecule has 0 fully saturated rings. The average Bonchev–Trinajstić information content (AvgIpc) is 2.76. The van der Waals surface area contributed by atoms with Crippen molar-refractivity contribution in [3.05, 3.63) is 18.2 Å². The molecule has 2 rings (SSSR count). The van der Waals surface area contributed by atoms with E-state index in [0.29, 0.717) is 15.3 Å². The molecule has 0 saturated heterocycles. The number of rotatable bonds is 5. The molecule has 1 N–H and O–H groups in total. The van der Waals surface area contributed by atoms with Crippen molar-refractivity contribution in [1.82, 2.24) is 4.98 Å². The van der Waals surface area contributed by atoms with Gasteiger partial charge in [0, 0.05) is 7.11 Å². The van der Waals surface area contributed by atoms with Crippen LogP contribution in [-0.2, 0) is 9.53 Å². The lowest BCUT2D eigenvalue weighted by Crippen LogP contribution is -2.19. The predicted molar refractivity (Wildman–Crippen MR) is 71.7 cm³/mol. The van der Waals surface area contributed by atoms with E-state index >= 15 is 0 Å². The summed E-state index contributed by atoms with van der Waals surface area (Å²) < 4.78 is 46.2. The number of nitrogens with zero attached hydrogens (tertiary/aromatic N) is 1. The lowest BCUT2D eigenvalue weighted by molar-refractivity contribution is -0.153. The molecular formula is C12H11F3N2O3S. The number of amides is 1. The van der Waals surface area contributed by atoms with Crippen LogP contribution < -0.4 is 10.1 Å². The van der Waals surface area contributed by atoms with E-state index < -0.39 is 12.8 Å². The highest BCUT2D eigenvalue weighted by molar-refractivity contribution is 7.22. The van der Waals surface area contributed by atoms with E-state index in [1.54, 1.807) is 0 Å². The van der Waals surface area contributed by atoms with Crippen LogP contribution in [0.5, 0.6) is 5.75 Å². The van der Waals surface area contributed by atoms with Crippen molar-refractivity contribution < 1.29 is 27.4 Å². The summed E-state index contributed by atoms with van der Waals surface area (Å²) >= 11 is 1.14. The molecule has 5 nitrogen and oxygen atoms in total. The highest BCUT2D eigenvalue weighted by Crippen LogP contribution is 2.29. The van der Waals surface area contributed by atoms with E-state index in [4.69, 9.17) is 0 Å². The fourth-order valence-electron chi connectivity index (χ4n) is 1.50. The van der Waals surface area contributed by atoms with Gasteiger partial charge in [-0.2, -0.15) is 13.2 Å². The monoisotopic (exact) mass is 320 g/mol. The number of ether oxygens (including phenoxy) is 2. The van der Waals surface area contributed by atoms with Gasteiger partial charge in [0.2, 0.25) is 0 Å². The van der Waals surface area contributed by atoms with Crippen LogP contribution in [0.4, 0.5) is 18.3 Å². The minimum absolute atomic E-state index is 0.0956. The fraction of sp³-hybridized carbons (Fsp3) is 0.333. The second-order valence-corrected chi connectivity index (χ2v) is 5.06. The summed E-state index contributed by atoms with van der Waals surface area (Å²) in [5.41, 5.74) is 0.562. The maximum absolute atomic E-state index is 12.1. The van der Waals surface area contributed by atoms with Crippen molar-refractivity contribution in [2.45, 2.75) is 6.18 Å². The molecule has 0 unspecified atom stereocenters. The van der Waals surface area contributed by atoms with E-state index in [9.17, 15) is 18.0 Å². The molecule has 21 heavy (non-hydrogen) atoms. The zero-order chi connectivity index (χ0) is 15.5. The second kappa shape index (κ2) is 6.27. The SMILES string of the molecule is COCC(=O)Nc1nc2ccc(OCC(F)(F)F)cc2s1. The number of alkyl halides is 3. The third kappa shape index (κ3) is 4.57. The summed E-state index contributed by atoms with van der Waals surface area (Å²) in [5, 5.41) is 2.88. The fourth-order valence-corrected chi connectivity index (χ4v) is 2.41. The van der Waals surface area contributed by atoms with Gasteiger partial charge in [-0.15, -0.1) is 0 Å². The number of hydrogen-bond acceptors (Lipinski definition) is 5. The molecule has 114 valence electrons. The lowest BCUT2D eigenvalue weighted by Gasteiger charge is -2.08. The van der Waals surface area contributed by atoms with E-state index in [2.05, 4.69) is 19.8 Å². The van der Waals surface area contributed by atoms with E-state index in [-0.39, 0.29) is 18.3 Å². The topological polar surface area (TPSA) is 60.5 Å². The number of anilines is 1. The van der Waals surface area contributed by atoms with Gasteiger partial charge in [-0.25, -0.2) is 4.98 Å². The van der Waals surface area contributed by atoms with Gasteiger partial charge in [-0.05, 0) is 18.2 Å². The molecule has 9 heteroatoms. The highest BCUT2D eigenvalue weighted by atomic mass is 32.1. The van der Waals surface area contributed by atoms with Crippen LogP contribution in [0.3, 0.4) is 0 Å². The van der Waals surface area contributed by atoms with Crippen molar-refractivity contribution >= 4 is 32.6 Å². The van der Waals surface area contributed by atoms with Crippen LogP contribution in [0.25, 0.3) is 10.2 Å². The van der Waals surface area contributed by atoms with Crippen LogP contribution in [0.1, 0.15) is 0 Å². The third-order valence-electron chi connectivity index (χ3n) is 2.28. The summed E-state index contributed by atoms with van der Waals surface area (Å²) in [7, 11) is 1.39. The van der Waals surface area contributed by atoms with E-state index in [1.807, 2.05) is 0 Å². The largest absolute Gasteiger partial charge is 0.484 e. The Balaban J connectivity index is 2.10. The molecule has 0 spiro atoms. The first kappa shape index (κ1) is 15.5. The Morgan fingerprint density at radius 2 is 2.19 bits per heavy atom. The maximum atomic E-state index is 12.1. The summed E-state index contributed by atoms with van der Waals surface area (Å²) in [6.07, 6.45) is -4.39. The molecule has 0 atom stereocenters. The summed E-state index contributed by atoms with van der Waals surface area (Å²) in [6, 6.07) is 4.38. The van der Waals surface area contributed by atoms with Crippen LogP contribution in [0.2, 0.25) is 0 Å². The van der Waals surface area contributed by atoms with Gasteiger partial charge in [-0.3, -0.25) is 10.1 Å². The van der Waals surface area contributed by atoms with E-state index in [1.165, 1.54) is 25.3 Å². The quantitative estimate of drug-likeness (QED) is 0.920. The Morgan fingerprint density at radius 1 is 1.43 bits per heavy atom. The average molecular weight is 320 g/mol. The van der Waals surface area contributed by atoms with Crippen LogP contribution in [0.15, 0.2) is 18.2 Å². The Hall–Kier alpha value is -1.87. The van der Waals surface area contributed by atoms with Crippen molar-refractivity contribution in [1.29, 1.82) is 0 Å².